The second-order valence-corrected chi connectivity index (χ2v) is 7.83. The van der Waals surface area contributed by atoms with Gasteiger partial charge < -0.3 is 19.2 Å². The zero-order chi connectivity index (χ0) is 20.5. The second-order valence-electron chi connectivity index (χ2n) is 6.90. The van der Waals surface area contributed by atoms with E-state index in [0.29, 0.717) is 41.0 Å². The first-order chi connectivity index (χ1) is 14.7. The van der Waals surface area contributed by atoms with Gasteiger partial charge in [0, 0.05) is 17.7 Å². The number of amides is 1. The van der Waals surface area contributed by atoms with E-state index < -0.39 is 6.10 Å². The number of carbonyl (C=O) groups excluding carboxylic acids is 2. The van der Waals surface area contributed by atoms with Crippen LogP contribution < -0.4 is 14.8 Å². The molecular formula is C21H17N3O5S. The number of anilines is 1. The van der Waals surface area contributed by atoms with Gasteiger partial charge in [0.2, 0.25) is 12.0 Å². The minimum Gasteiger partial charge on any atom is -0.485 e. The summed E-state index contributed by atoms with van der Waals surface area (Å²) in [5.41, 5.74) is 2.34. The molecule has 2 aromatic carbocycles. The Kier molecular flexibility index (Phi) is 4.88. The Morgan fingerprint density at radius 1 is 1.13 bits per heavy atom. The minimum absolute atomic E-state index is 0.000151. The highest BCUT2D eigenvalue weighted by Gasteiger charge is 2.27. The number of ether oxygens (including phenoxy) is 2. The molecule has 2 aliphatic rings. The number of Topliss-reactive ketones (excluding diaryl/α,β-unsaturated/α-hetero) is 1. The van der Waals surface area contributed by atoms with Crippen LogP contribution in [0.4, 0.5) is 5.69 Å². The average Bonchev–Trinajstić information content (AvgIpc) is 3.26. The molecule has 152 valence electrons. The van der Waals surface area contributed by atoms with E-state index in [1.54, 1.807) is 12.1 Å². The number of aryl methyl sites for hydroxylation is 1. The lowest BCUT2D eigenvalue weighted by atomic mass is 9.99. The normalized spacial score (nSPS) is 17.2. The van der Waals surface area contributed by atoms with Crippen molar-refractivity contribution in [2.75, 3.05) is 17.7 Å². The van der Waals surface area contributed by atoms with Crippen LogP contribution in [0.5, 0.6) is 11.5 Å². The van der Waals surface area contributed by atoms with Crippen LogP contribution in [0, 0.1) is 0 Å². The van der Waals surface area contributed by atoms with Crippen molar-refractivity contribution in [3.8, 4) is 11.5 Å². The summed E-state index contributed by atoms with van der Waals surface area (Å²) in [5.74, 6) is 1.73. The summed E-state index contributed by atoms with van der Waals surface area (Å²) >= 11 is 1.18. The molecule has 8 nitrogen and oxygen atoms in total. The molecule has 1 aromatic heterocycles. The maximum absolute atomic E-state index is 12.6. The lowest BCUT2D eigenvalue weighted by Crippen LogP contribution is -2.21. The van der Waals surface area contributed by atoms with Gasteiger partial charge in [0.1, 0.15) is 6.61 Å². The van der Waals surface area contributed by atoms with Crippen LogP contribution in [0.1, 0.15) is 34.3 Å². The Hall–Kier alpha value is -3.33. The zero-order valence-corrected chi connectivity index (χ0v) is 16.6. The SMILES string of the molecule is O=C1CCc2cc(C(=O)CSc3nnc(C4COc5ccccc5O4)o3)ccc2N1. The average molecular weight is 423 g/mol. The fraction of sp³-hybridized carbons (Fsp3) is 0.238. The van der Waals surface area contributed by atoms with Crippen molar-refractivity contribution in [1.82, 2.24) is 10.2 Å². The highest BCUT2D eigenvalue weighted by Crippen LogP contribution is 2.36. The topological polar surface area (TPSA) is 104 Å². The molecule has 1 amide bonds. The van der Waals surface area contributed by atoms with Gasteiger partial charge in [-0.05, 0) is 42.3 Å². The van der Waals surface area contributed by atoms with Crippen molar-refractivity contribution in [2.24, 2.45) is 0 Å². The van der Waals surface area contributed by atoms with Crippen LogP contribution >= 0.6 is 11.8 Å². The van der Waals surface area contributed by atoms with Gasteiger partial charge in [-0.15, -0.1) is 10.2 Å². The first-order valence-corrected chi connectivity index (χ1v) is 10.4. The number of aromatic nitrogens is 2. The van der Waals surface area contributed by atoms with Gasteiger partial charge >= 0.3 is 0 Å². The molecular weight excluding hydrogens is 406 g/mol. The quantitative estimate of drug-likeness (QED) is 0.492. The van der Waals surface area contributed by atoms with Crippen molar-refractivity contribution in [2.45, 2.75) is 24.2 Å². The predicted molar refractivity (Wildman–Crippen MR) is 108 cm³/mol. The Morgan fingerprint density at radius 3 is 2.90 bits per heavy atom. The highest BCUT2D eigenvalue weighted by molar-refractivity contribution is 7.99. The van der Waals surface area contributed by atoms with Crippen molar-refractivity contribution >= 4 is 29.1 Å². The number of nitrogens with zero attached hydrogens (tertiary/aromatic N) is 2. The van der Waals surface area contributed by atoms with Crippen LogP contribution in [0.2, 0.25) is 0 Å². The zero-order valence-electron chi connectivity index (χ0n) is 15.8. The Labute approximate surface area is 176 Å². The molecule has 1 atom stereocenters. The van der Waals surface area contributed by atoms with E-state index in [1.807, 2.05) is 30.3 Å². The third-order valence-corrected chi connectivity index (χ3v) is 5.67. The monoisotopic (exact) mass is 423 g/mol. The van der Waals surface area contributed by atoms with Gasteiger partial charge in [-0.2, -0.15) is 0 Å². The van der Waals surface area contributed by atoms with E-state index in [2.05, 4.69) is 15.5 Å². The summed E-state index contributed by atoms with van der Waals surface area (Å²) in [4.78, 5) is 24.0. The Balaban J connectivity index is 1.21. The number of benzene rings is 2. The number of para-hydroxylation sites is 2. The molecule has 1 unspecified atom stereocenters. The number of nitrogens with one attached hydrogen (secondary N) is 1. The molecule has 0 saturated carbocycles. The smallest absolute Gasteiger partial charge is 0.277 e. The molecule has 0 fully saturated rings. The summed E-state index contributed by atoms with van der Waals surface area (Å²) in [6.45, 7) is 0.272. The standard InChI is InChI=1S/C21H17N3O5S/c25-15(13-5-7-14-12(9-13)6-8-19(26)22-14)11-30-21-24-23-20(29-21)18-10-27-16-3-1-2-4-17(16)28-18/h1-5,7,9,18H,6,8,10-11H2,(H,22,26). The van der Waals surface area contributed by atoms with E-state index in [0.717, 1.165) is 11.3 Å². The lowest BCUT2D eigenvalue weighted by molar-refractivity contribution is -0.116. The Morgan fingerprint density at radius 2 is 2.00 bits per heavy atom. The molecule has 30 heavy (non-hydrogen) atoms. The molecule has 2 aliphatic heterocycles. The summed E-state index contributed by atoms with van der Waals surface area (Å²) in [7, 11) is 0. The maximum Gasteiger partial charge on any atom is 0.277 e. The maximum atomic E-state index is 12.6. The van der Waals surface area contributed by atoms with Crippen LogP contribution in [0.15, 0.2) is 52.1 Å². The third kappa shape index (κ3) is 3.76. The lowest BCUT2D eigenvalue weighted by Gasteiger charge is -2.23. The van der Waals surface area contributed by atoms with Crippen molar-refractivity contribution in [3.05, 3.63) is 59.5 Å². The van der Waals surface area contributed by atoms with E-state index in [9.17, 15) is 9.59 Å². The second kappa shape index (κ2) is 7.83. The first-order valence-electron chi connectivity index (χ1n) is 9.46. The molecule has 0 saturated heterocycles. The summed E-state index contributed by atoms with van der Waals surface area (Å²) < 4.78 is 17.2. The Bertz CT molecular complexity index is 1130. The number of carbonyl (C=O) groups is 2. The minimum atomic E-state index is -0.492. The number of ketones is 1. The van der Waals surface area contributed by atoms with Crippen LogP contribution in [-0.2, 0) is 11.2 Å². The number of rotatable bonds is 5. The highest BCUT2D eigenvalue weighted by atomic mass is 32.2. The van der Waals surface area contributed by atoms with E-state index in [4.69, 9.17) is 13.9 Å². The van der Waals surface area contributed by atoms with Gasteiger partial charge in [0.15, 0.2) is 17.3 Å². The molecule has 9 heteroatoms. The summed E-state index contributed by atoms with van der Waals surface area (Å²) in [6.07, 6.45) is 0.574. The molecule has 5 rings (SSSR count). The molecule has 1 N–H and O–H groups in total. The van der Waals surface area contributed by atoms with Gasteiger partial charge in [-0.3, -0.25) is 9.59 Å². The van der Waals surface area contributed by atoms with Crippen LogP contribution in [-0.4, -0.2) is 34.2 Å². The van der Waals surface area contributed by atoms with Gasteiger partial charge in [0.25, 0.3) is 11.1 Å². The number of hydrogen-bond donors (Lipinski definition) is 1. The van der Waals surface area contributed by atoms with Crippen LogP contribution in [0.25, 0.3) is 0 Å². The molecule has 0 bridgehead atoms. The van der Waals surface area contributed by atoms with Gasteiger partial charge in [-0.1, -0.05) is 23.9 Å². The van der Waals surface area contributed by atoms with E-state index >= 15 is 0 Å². The molecule has 0 radical (unpaired) electrons. The molecule has 3 heterocycles. The number of hydrogen-bond acceptors (Lipinski definition) is 8. The fourth-order valence-electron chi connectivity index (χ4n) is 3.32. The predicted octanol–water partition coefficient (Wildman–Crippen LogP) is 3.44. The summed E-state index contributed by atoms with van der Waals surface area (Å²) in [5, 5.41) is 11.1. The molecule has 0 aliphatic carbocycles. The third-order valence-electron chi connectivity index (χ3n) is 4.86. The summed E-state index contributed by atoms with van der Waals surface area (Å²) in [6, 6.07) is 12.7. The number of fused-ring (bicyclic) bond motifs is 2. The first kappa shape index (κ1) is 18.7. The van der Waals surface area contributed by atoms with Crippen molar-refractivity contribution in [1.29, 1.82) is 0 Å². The van der Waals surface area contributed by atoms with E-state index in [-0.39, 0.29) is 24.1 Å². The van der Waals surface area contributed by atoms with Crippen molar-refractivity contribution in [3.63, 3.8) is 0 Å². The number of thioether (sulfide) groups is 1. The van der Waals surface area contributed by atoms with Crippen molar-refractivity contribution < 1.29 is 23.5 Å². The van der Waals surface area contributed by atoms with Gasteiger partial charge in [0.05, 0.1) is 5.75 Å². The van der Waals surface area contributed by atoms with Crippen LogP contribution in [0.3, 0.4) is 0 Å². The van der Waals surface area contributed by atoms with E-state index in [1.165, 1.54) is 11.8 Å². The van der Waals surface area contributed by atoms with Gasteiger partial charge in [-0.25, -0.2) is 0 Å². The molecule has 0 spiro atoms. The molecule has 3 aromatic rings. The fourth-order valence-corrected chi connectivity index (χ4v) is 3.98. The largest absolute Gasteiger partial charge is 0.485 e.